The summed E-state index contributed by atoms with van der Waals surface area (Å²) >= 11 is 0. The van der Waals surface area contributed by atoms with E-state index in [-0.39, 0.29) is 18.4 Å². The number of carbonyl (C=O) groups excluding carboxylic acids is 3. The molecule has 170 valence electrons. The number of para-hydroxylation sites is 1. The van der Waals surface area contributed by atoms with Crippen LogP contribution in [0.4, 0.5) is 11.4 Å². The third kappa shape index (κ3) is 6.67. The zero-order chi connectivity index (χ0) is 23.6. The van der Waals surface area contributed by atoms with Gasteiger partial charge in [0.05, 0.1) is 12.2 Å². The van der Waals surface area contributed by atoms with E-state index in [2.05, 4.69) is 10.6 Å². The summed E-state index contributed by atoms with van der Waals surface area (Å²) in [5.41, 5.74) is 3.29. The van der Waals surface area contributed by atoms with Gasteiger partial charge >= 0.3 is 5.97 Å². The molecule has 0 saturated heterocycles. The van der Waals surface area contributed by atoms with Gasteiger partial charge in [0.15, 0.2) is 6.61 Å². The quantitative estimate of drug-likeness (QED) is 0.465. The molecule has 0 aromatic heterocycles. The molecule has 2 amide bonds. The molecule has 0 bridgehead atoms. The van der Waals surface area contributed by atoms with Crippen LogP contribution in [0.1, 0.15) is 40.1 Å². The number of rotatable bonds is 9. The number of carbonyl (C=O) groups is 3. The molecule has 0 unspecified atom stereocenters. The minimum absolute atomic E-state index is 0.199. The number of ether oxygens (including phenoxy) is 2. The summed E-state index contributed by atoms with van der Waals surface area (Å²) in [6.45, 7) is 3.87. The highest BCUT2D eigenvalue weighted by atomic mass is 16.5. The van der Waals surface area contributed by atoms with Gasteiger partial charge in [-0.15, -0.1) is 0 Å². The summed E-state index contributed by atoms with van der Waals surface area (Å²) in [5.74, 6) is -0.512. The number of esters is 1. The normalized spacial score (nSPS) is 10.2. The van der Waals surface area contributed by atoms with Gasteiger partial charge in [0, 0.05) is 16.9 Å². The van der Waals surface area contributed by atoms with Gasteiger partial charge in [0.2, 0.25) is 0 Å². The molecule has 0 aliphatic heterocycles. The molecule has 0 aliphatic rings. The maximum absolute atomic E-state index is 12.5. The lowest BCUT2D eigenvalue weighted by atomic mass is 10.1. The minimum atomic E-state index is -0.412. The van der Waals surface area contributed by atoms with E-state index in [9.17, 15) is 14.4 Å². The zero-order valence-electron chi connectivity index (χ0n) is 18.6. The Kier molecular flexibility index (Phi) is 8.18. The molecule has 0 heterocycles. The first kappa shape index (κ1) is 23.5. The van der Waals surface area contributed by atoms with Gasteiger partial charge in [-0.25, -0.2) is 4.79 Å². The molecule has 0 saturated carbocycles. The van der Waals surface area contributed by atoms with Crippen LogP contribution in [0.2, 0.25) is 0 Å². The van der Waals surface area contributed by atoms with E-state index in [0.29, 0.717) is 29.2 Å². The minimum Gasteiger partial charge on any atom is -0.484 e. The SMILES string of the molecule is CCOC(=O)c1ccc(NC(=O)COc2ccc(C(=O)Nc3ccccc3CC)cc2)cc1. The highest BCUT2D eigenvalue weighted by Gasteiger charge is 2.10. The molecular weight excluding hydrogens is 420 g/mol. The second-order valence-electron chi connectivity index (χ2n) is 7.12. The first-order chi connectivity index (χ1) is 16.0. The van der Waals surface area contributed by atoms with E-state index in [0.717, 1.165) is 17.7 Å². The smallest absolute Gasteiger partial charge is 0.338 e. The molecule has 0 aliphatic carbocycles. The number of hydrogen-bond acceptors (Lipinski definition) is 5. The highest BCUT2D eigenvalue weighted by Crippen LogP contribution is 2.18. The molecular formula is C26H26N2O5. The first-order valence-corrected chi connectivity index (χ1v) is 10.7. The Hall–Kier alpha value is -4.13. The molecule has 2 N–H and O–H groups in total. The van der Waals surface area contributed by atoms with Crippen LogP contribution in [0.15, 0.2) is 72.8 Å². The second-order valence-corrected chi connectivity index (χ2v) is 7.12. The van der Waals surface area contributed by atoms with Gasteiger partial charge in [0.1, 0.15) is 5.75 Å². The summed E-state index contributed by atoms with van der Waals surface area (Å²) in [5, 5.41) is 5.62. The Bertz CT molecular complexity index is 1110. The highest BCUT2D eigenvalue weighted by molar-refractivity contribution is 6.04. The van der Waals surface area contributed by atoms with Crippen molar-refractivity contribution in [3.8, 4) is 5.75 Å². The summed E-state index contributed by atoms with van der Waals surface area (Å²) in [4.78, 5) is 36.3. The Labute approximate surface area is 192 Å². The molecule has 33 heavy (non-hydrogen) atoms. The van der Waals surface area contributed by atoms with Crippen LogP contribution in [0.3, 0.4) is 0 Å². The van der Waals surface area contributed by atoms with E-state index in [1.807, 2.05) is 31.2 Å². The lowest BCUT2D eigenvalue weighted by molar-refractivity contribution is -0.118. The fourth-order valence-electron chi connectivity index (χ4n) is 3.10. The van der Waals surface area contributed by atoms with Crippen LogP contribution < -0.4 is 15.4 Å². The van der Waals surface area contributed by atoms with Gasteiger partial charge in [-0.3, -0.25) is 9.59 Å². The van der Waals surface area contributed by atoms with Crippen LogP contribution in [-0.2, 0) is 16.0 Å². The van der Waals surface area contributed by atoms with Crippen molar-refractivity contribution in [2.75, 3.05) is 23.8 Å². The lowest BCUT2D eigenvalue weighted by Gasteiger charge is -2.11. The van der Waals surface area contributed by atoms with Crippen molar-refractivity contribution >= 4 is 29.2 Å². The van der Waals surface area contributed by atoms with Gasteiger partial charge in [-0.05, 0) is 73.5 Å². The van der Waals surface area contributed by atoms with Crippen molar-refractivity contribution in [1.82, 2.24) is 0 Å². The fraction of sp³-hybridized carbons (Fsp3) is 0.192. The molecule has 0 radical (unpaired) electrons. The van der Waals surface area contributed by atoms with Crippen molar-refractivity contribution in [2.24, 2.45) is 0 Å². The van der Waals surface area contributed by atoms with Crippen molar-refractivity contribution in [1.29, 1.82) is 0 Å². The van der Waals surface area contributed by atoms with Gasteiger partial charge in [-0.1, -0.05) is 25.1 Å². The predicted octanol–water partition coefficient (Wildman–Crippen LogP) is 4.70. The van der Waals surface area contributed by atoms with E-state index in [1.54, 1.807) is 55.5 Å². The fourth-order valence-corrected chi connectivity index (χ4v) is 3.10. The van der Waals surface area contributed by atoms with E-state index < -0.39 is 5.97 Å². The van der Waals surface area contributed by atoms with Crippen molar-refractivity contribution < 1.29 is 23.9 Å². The summed E-state index contributed by atoms with van der Waals surface area (Å²) in [6.07, 6.45) is 0.820. The maximum Gasteiger partial charge on any atom is 0.338 e. The standard InChI is InChI=1S/C26H26N2O5/c1-3-18-7-5-6-8-23(18)28-25(30)19-11-15-22(16-12-19)33-17-24(29)27-21-13-9-20(10-14-21)26(31)32-4-2/h5-16H,3-4,17H2,1-2H3,(H,27,29)(H,28,30). The summed E-state index contributed by atoms with van der Waals surface area (Å²) in [6, 6.07) is 20.6. The molecule has 7 nitrogen and oxygen atoms in total. The third-order valence-electron chi connectivity index (χ3n) is 4.81. The first-order valence-electron chi connectivity index (χ1n) is 10.7. The lowest BCUT2D eigenvalue weighted by Crippen LogP contribution is -2.20. The zero-order valence-corrected chi connectivity index (χ0v) is 18.6. The average molecular weight is 447 g/mol. The topological polar surface area (TPSA) is 93.7 Å². The van der Waals surface area contributed by atoms with Gasteiger partial charge < -0.3 is 20.1 Å². The number of amides is 2. The van der Waals surface area contributed by atoms with Crippen molar-refractivity contribution in [2.45, 2.75) is 20.3 Å². The Morgan fingerprint density at radius 3 is 2.12 bits per heavy atom. The molecule has 0 spiro atoms. The summed E-state index contributed by atoms with van der Waals surface area (Å²) in [7, 11) is 0. The number of aryl methyl sites for hydroxylation is 1. The van der Waals surface area contributed by atoms with Crippen LogP contribution in [0.5, 0.6) is 5.75 Å². The van der Waals surface area contributed by atoms with E-state index in [1.165, 1.54) is 0 Å². The number of benzene rings is 3. The molecule has 7 heteroatoms. The summed E-state index contributed by atoms with van der Waals surface area (Å²) < 4.78 is 10.4. The number of nitrogens with one attached hydrogen (secondary N) is 2. The molecule has 3 aromatic carbocycles. The third-order valence-corrected chi connectivity index (χ3v) is 4.81. The van der Waals surface area contributed by atoms with Crippen LogP contribution in [0.25, 0.3) is 0 Å². The van der Waals surface area contributed by atoms with E-state index >= 15 is 0 Å². The van der Waals surface area contributed by atoms with Crippen LogP contribution in [0, 0.1) is 0 Å². The van der Waals surface area contributed by atoms with Crippen molar-refractivity contribution in [3.05, 3.63) is 89.5 Å². The van der Waals surface area contributed by atoms with Gasteiger partial charge in [0.25, 0.3) is 11.8 Å². The Balaban J connectivity index is 1.50. The Morgan fingerprint density at radius 1 is 0.788 bits per heavy atom. The second kappa shape index (κ2) is 11.5. The monoisotopic (exact) mass is 446 g/mol. The number of anilines is 2. The Morgan fingerprint density at radius 2 is 1.45 bits per heavy atom. The van der Waals surface area contributed by atoms with Crippen LogP contribution >= 0.6 is 0 Å². The molecule has 3 rings (SSSR count). The maximum atomic E-state index is 12.5. The molecule has 3 aromatic rings. The molecule has 0 fully saturated rings. The largest absolute Gasteiger partial charge is 0.484 e. The number of hydrogen-bond donors (Lipinski definition) is 2. The molecule has 0 atom stereocenters. The van der Waals surface area contributed by atoms with Crippen molar-refractivity contribution in [3.63, 3.8) is 0 Å². The average Bonchev–Trinajstić information content (AvgIpc) is 2.84. The van der Waals surface area contributed by atoms with Crippen LogP contribution in [-0.4, -0.2) is 31.0 Å². The van der Waals surface area contributed by atoms with Gasteiger partial charge in [-0.2, -0.15) is 0 Å². The predicted molar refractivity (Wildman–Crippen MR) is 127 cm³/mol. The van der Waals surface area contributed by atoms with E-state index in [4.69, 9.17) is 9.47 Å².